The second kappa shape index (κ2) is 11.6. The van der Waals surface area contributed by atoms with E-state index >= 15 is 0 Å². The van der Waals surface area contributed by atoms with Crippen LogP contribution < -0.4 is 10.3 Å². The Bertz CT molecular complexity index is 1510. The van der Waals surface area contributed by atoms with Gasteiger partial charge in [0.05, 0.1) is 28.8 Å². The van der Waals surface area contributed by atoms with Crippen molar-refractivity contribution in [2.24, 2.45) is 0 Å². The van der Waals surface area contributed by atoms with E-state index in [1.807, 2.05) is 0 Å². The molecule has 0 radical (unpaired) electrons. The summed E-state index contributed by atoms with van der Waals surface area (Å²) in [5.74, 6) is -1.22. The molecule has 0 atom stereocenters. The van der Waals surface area contributed by atoms with Gasteiger partial charge < -0.3 is 14.6 Å². The molecule has 0 aliphatic rings. The first-order valence-corrected chi connectivity index (χ1v) is 13.1. The number of hydrogen-bond donors (Lipinski definition) is 2. The molecular formula is C25H29N3O8S. The van der Waals surface area contributed by atoms with Crippen molar-refractivity contribution in [2.45, 2.75) is 45.1 Å². The lowest BCUT2D eigenvalue weighted by atomic mass is 9.98. The summed E-state index contributed by atoms with van der Waals surface area (Å²) in [5, 5.41) is 9.06. The Balaban J connectivity index is 2.36. The monoisotopic (exact) mass is 531 g/mol. The van der Waals surface area contributed by atoms with Crippen LogP contribution >= 0.6 is 0 Å². The zero-order valence-electron chi connectivity index (χ0n) is 21.0. The van der Waals surface area contributed by atoms with Gasteiger partial charge in [-0.05, 0) is 63.6 Å². The van der Waals surface area contributed by atoms with Gasteiger partial charge in [0, 0.05) is 13.0 Å². The molecular weight excluding hydrogens is 502 g/mol. The van der Waals surface area contributed by atoms with Crippen molar-refractivity contribution >= 4 is 32.9 Å². The molecule has 0 saturated carbocycles. The van der Waals surface area contributed by atoms with Gasteiger partial charge in [0.1, 0.15) is 11.5 Å². The minimum absolute atomic E-state index is 0.00434. The average Bonchev–Trinajstić information content (AvgIpc) is 2.86. The number of aryl methyl sites for hydroxylation is 2. The second-order valence-electron chi connectivity index (χ2n) is 8.14. The molecule has 37 heavy (non-hydrogen) atoms. The molecule has 0 amide bonds. The van der Waals surface area contributed by atoms with E-state index in [1.165, 1.54) is 25.2 Å². The standard InChI is InChI=1S/C25H29N3O8S/c1-5-35-25(32)22-15(2)13-17-23(16(22)3)24(31)28(20(27-17)14-36-21(30)11-8-12-29)18-9-6-7-10-19(18)37(33,34)26-4/h6-7,9-10,13,26,29H,5,8,11-12,14H2,1-4H3. The first kappa shape index (κ1) is 28.0. The van der Waals surface area contributed by atoms with Gasteiger partial charge in [0.15, 0.2) is 5.82 Å². The van der Waals surface area contributed by atoms with Crippen molar-refractivity contribution in [2.75, 3.05) is 20.3 Å². The zero-order chi connectivity index (χ0) is 27.3. The van der Waals surface area contributed by atoms with Crippen LogP contribution in [0.15, 0.2) is 40.0 Å². The smallest absolute Gasteiger partial charge is 0.338 e. The van der Waals surface area contributed by atoms with E-state index in [1.54, 1.807) is 32.9 Å². The first-order chi connectivity index (χ1) is 17.6. The molecule has 0 aliphatic carbocycles. The minimum Gasteiger partial charge on any atom is -0.462 e. The van der Waals surface area contributed by atoms with Gasteiger partial charge >= 0.3 is 11.9 Å². The number of nitrogens with one attached hydrogen (secondary N) is 1. The highest BCUT2D eigenvalue weighted by atomic mass is 32.2. The van der Waals surface area contributed by atoms with E-state index in [0.717, 1.165) is 4.57 Å². The Kier molecular flexibility index (Phi) is 8.79. The second-order valence-corrected chi connectivity index (χ2v) is 9.99. The predicted molar refractivity (Wildman–Crippen MR) is 135 cm³/mol. The Morgan fingerprint density at radius 3 is 2.51 bits per heavy atom. The van der Waals surface area contributed by atoms with Gasteiger partial charge in [-0.15, -0.1) is 0 Å². The molecule has 11 nitrogen and oxygen atoms in total. The van der Waals surface area contributed by atoms with E-state index in [9.17, 15) is 22.8 Å². The van der Waals surface area contributed by atoms with Gasteiger partial charge in [-0.1, -0.05) is 12.1 Å². The number of ether oxygens (including phenoxy) is 2. The Labute approximate surface area is 214 Å². The highest BCUT2D eigenvalue weighted by Gasteiger charge is 2.25. The third kappa shape index (κ3) is 5.71. The van der Waals surface area contributed by atoms with Crippen molar-refractivity contribution in [3.8, 4) is 5.69 Å². The van der Waals surface area contributed by atoms with Crippen LogP contribution in [0.4, 0.5) is 0 Å². The van der Waals surface area contributed by atoms with Crippen molar-refractivity contribution in [1.29, 1.82) is 0 Å². The van der Waals surface area contributed by atoms with E-state index in [2.05, 4.69) is 9.71 Å². The molecule has 0 bridgehead atoms. The van der Waals surface area contributed by atoms with Crippen molar-refractivity contribution < 1.29 is 32.6 Å². The van der Waals surface area contributed by atoms with Crippen LogP contribution in [0.3, 0.4) is 0 Å². The van der Waals surface area contributed by atoms with Crippen LogP contribution in [0, 0.1) is 13.8 Å². The fourth-order valence-corrected chi connectivity index (χ4v) is 4.93. The Morgan fingerprint density at radius 1 is 1.16 bits per heavy atom. The van der Waals surface area contributed by atoms with Crippen molar-refractivity contribution in [3.63, 3.8) is 0 Å². The van der Waals surface area contributed by atoms with E-state index in [-0.39, 0.29) is 58.9 Å². The number of aliphatic hydroxyl groups excluding tert-OH is 1. The highest BCUT2D eigenvalue weighted by Crippen LogP contribution is 2.26. The van der Waals surface area contributed by atoms with Crippen LogP contribution in [0.2, 0.25) is 0 Å². The summed E-state index contributed by atoms with van der Waals surface area (Å²) in [5.41, 5.74) is 0.694. The number of rotatable bonds is 10. The first-order valence-electron chi connectivity index (χ1n) is 11.6. The van der Waals surface area contributed by atoms with Crippen molar-refractivity contribution in [1.82, 2.24) is 14.3 Å². The summed E-state index contributed by atoms with van der Waals surface area (Å²) in [6.07, 6.45) is 0.162. The summed E-state index contributed by atoms with van der Waals surface area (Å²) < 4.78 is 39.3. The van der Waals surface area contributed by atoms with Gasteiger partial charge in [-0.2, -0.15) is 0 Å². The Morgan fingerprint density at radius 2 is 1.86 bits per heavy atom. The number of para-hydroxylation sites is 1. The van der Waals surface area contributed by atoms with Crippen molar-refractivity contribution in [3.05, 3.63) is 63.2 Å². The average molecular weight is 532 g/mol. The van der Waals surface area contributed by atoms with Crippen LogP contribution in [0.5, 0.6) is 0 Å². The summed E-state index contributed by atoms with van der Waals surface area (Å²) in [4.78, 5) is 43.1. The number of benzene rings is 2. The topological polar surface area (TPSA) is 154 Å². The minimum atomic E-state index is -4.00. The normalized spacial score (nSPS) is 11.5. The van der Waals surface area contributed by atoms with Crippen LogP contribution in [-0.4, -0.2) is 55.3 Å². The molecule has 0 unspecified atom stereocenters. The van der Waals surface area contributed by atoms with E-state index in [0.29, 0.717) is 11.1 Å². The zero-order valence-corrected chi connectivity index (χ0v) is 21.8. The Hall–Kier alpha value is -3.61. The molecule has 0 spiro atoms. The summed E-state index contributed by atoms with van der Waals surface area (Å²) in [7, 11) is -2.75. The van der Waals surface area contributed by atoms with Gasteiger partial charge in [-0.25, -0.2) is 22.9 Å². The number of nitrogens with zero attached hydrogens (tertiary/aromatic N) is 2. The quantitative estimate of drug-likeness (QED) is 0.373. The molecule has 0 saturated heterocycles. The molecule has 12 heteroatoms. The lowest BCUT2D eigenvalue weighted by molar-refractivity contribution is -0.145. The largest absolute Gasteiger partial charge is 0.462 e. The molecule has 1 heterocycles. The number of hydrogen-bond acceptors (Lipinski definition) is 9. The number of sulfonamides is 1. The molecule has 2 N–H and O–H groups in total. The number of aromatic nitrogens is 2. The highest BCUT2D eigenvalue weighted by molar-refractivity contribution is 7.89. The maximum atomic E-state index is 14.0. The lowest BCUT2D eigenvalue weighted by Crippen LogP contribution is -2.29. The number of carbonyl (C=O) groups is 2. The molecule has 0 aliphatic heterocycles. The lowest BCUT2D eigenvalue weighted by Gasteiger charge is -2.18. The SMILES string of the molecule is CCOC(=O)c1c(C)cc2nc(COC(=O)CCCO)n(-c3ccccc3S(=O)(=O)NC)c(=O)c2c1C. The summed E-state index contributed by atoms with van der Waals surface area (Å²) in [6, 6.07) is 7.40. The van der Waals surface area contributed by atoms with E-state index in [4.69, 9.17) is 14.6 Å². The van der Waals surface area contributed by atoms with Crippen LogP contribution in [-0.2, 0) is 30.9 Å². The molecule has 0 fully saturated rings. The summed E-state index contributed by atoms with van der Waals surface area (Å²) >= 11 is 0. The van der Waals surface area contributed by atoms with Gasteiger partial charge in [0.25, 0.3) is 5.56 Å². The summed E-state index contributed by atoms with van der Waals surface area (Å²) in [6.45, 7) is 4.49. The maximum Gasteiger partial charge on any atom is 0.338 e. The maximum absolute atomic E-state index is 14.0. The number of fused-ring (bicyclic) bond motifs is 1. The third-order valence-corrected chi connectivity index (χ3v) is 7.19. The number of carbonyl (C=O) groups excluding carboxylic acids is 2. The number of esters is 2. The molecule has 3 aromatic rings. The van der Waals surface area contributed by atoms with E-state index < -0.39 is 34.1 Å². The molecule has 2 aromatic carbocycles. The fourth-order valence-electron chi connectivity index (χ4n) is 4.02. The molecule has 3 rings (SSSR count). The predicted octanol–water partition coefficient (Wildman–Crippen LogP) is 1.90. The molecule has 1 aromatic heterocycles. The third-order valence-electron chi connectivity index (χ3n) is 5.72. The van der Waals surface area contributed by atoms with Gasteiger partial charge in [-0.3, -0.25) is 14.2 Å². The van der Waals surface area contributed by atoms with Gasteiger partial charge in [0.2, 0.25) is 10.0 Å². The van der Waals surface area contributed by atoms with Crippen LogP contribution in [0.25, 0.3) is 16.6 Å². The van der Waals surface area contributed by atoms with Crippen LogP contribution in [0.1, 0.15) is 47.1 Å². The fraction of sp³-hybridized carbons (Fsp3) is 0.360. The number of aliphatic hydroxyl groups is 1. The molecule has 198 valence electrons.